The van der Waals surface area contributed by atoms with Crippen molar-refractivity contribution >= 4 is 17.6 Å². The molecule has 0 saturated carbocycles. The molecule has 0 aliphatic carbocycles. The molecular weight excluding hydrogens is 378 g/mol. The summed E-state index contributed by atoms with van der Waals surface area (Å²) in [5.41, 5.74) is 1.91. The fourth-order valence-electron chi connectivity index (χ4n) is 3.62. The van der Waals surface area contributed by atoms with Gasteiger partial charge in [-0.2, -0.15) is 0 Å². The number of amides is 1. The van der Waals surface area contributed by atoms with Gasteiger partial charge >= 0.3 is 0 Å². The molecule has 1 fully saturated rings. The topological polar surface area (TPSA) is 89.0 Å². The Hall–Kier alpha value is -3.06. The summed E-state index contributed by atoms with van der Waals surface area (Å²) in [6.07, 6.45) is 2.46. The number of nitrogens with one attached hydrogen (secondary N) is 3. The molecular formula is C23H31N5O2. The SMILES string of the molecule is CCNC(=NCC(=O)Nc1ccc(O)cc1)NCC(c1ccccc1)N1CCCC1. The molecule has 3 rings (SSSR count). The Kier molecular flexibility index (Phi) is 8.09. The predicted molar refractivity (Wildman–Crippen MR) is 121 cm³/mol. The molecule has 1 aliphatic rings. The third-order valence-electron chi connectivity index (χ3n) is 5.10. The maximum absolute atomic E-state index is 12.2. The standard InChI is InChI=1S/C23H31N5O2/c1-2-24-23(26-17-22(30)27-19-10-12-20(29)13-11-19)25-16-21(28-14-6-7-15-28)18-8-4-3-5-9-18/h3-5,8-13,21,29H,2,6-7,14-17H2,1H3,(H,27,30)(H2,24,25,26). The van der Waals surface area contributed by atoms with E-state index in [9.17, 15) is 9.90 Å². The maximum Gasteiger partial charge on any atom is 0.246 e. The molecule has 0 spiro atoms. The predicted octanol–water partition coefficient (Wildman–Crippen LogP) is 2.72. The first-order chi connectivity index (χ1) is 14.7. The number of aliphatic imine (C=N–C) groups is 1. The van der Waals surface area contributed by atoms with Gasteiger partial charge in [0.25, 0.3) is 0 Å². The molecule has 1 atom stereocenters. The van der Waals surface area contributed by atoms with Crippen molar-refractivity contribution in [3.8, 4) is 5.75 Å². The molecule has 1 aliphatic heterocycles. The second kappa shape index (κ2) is 11.2. The van der Waals surface area contributed by atoms with Crippen LogP contribution in [0.25, 0.3) is 0 Å². The molecule has 0 radical (unpaired) electrons. The number of anilines is 1. The fourth-order valence-corrected chi connectivity index (χ4v) is 3.62. The highest BCUT2D eigenvalue weighted by molar-refractivity contribution is 5.94. The van der Waals surface area contributed by atoms with Crippen LogP contribution in [0.3, 0.4) is 0 Å². The van der Waals surface area contributed by atoms with Gasteiger partial charge in [-0.3, -0.25) is 9.69 Å². The zero-order valence-corrected chi connectivity index (χ0v) is 17.5. The molecule has 160 valence electrons. The van der Waals surface area contributed by atoms with Crippen molar-refractivity contribution < 1.29 is 9.90 Å². The minimum atomic E-state index is -0.211. The van der Waals surface area contributed by atoms with Crippen LogP contribution >= 0.6 is 0 Å². The number of carbonyl (C=O) groups excluding carboxylic acids is 1. The van der Waals surface area contributed by atoms with Gasteiger partial charge in [0.1, 0.15) is 12.3 Å². The van der Waals surface area contributed by atoms with E-state index in [1.54, 1.807) is 12.1 Å². The first-order valence-corrected chi connectivity index (χ1v) is 10.6. The number of hydrogen-bond donors (Lipinski definition) is 4. The Morgan fingerprint density at radius 3 is 2.43 bits per heavy atom. The quantitative estimate of drug-likeness (QED) is 0.306. The molecule has 1 heterocycles. The number of benzene rings is 2. The van der Waals surface area contributed by atoms with Crippen molar-refractivity contribution in [3.63, 3.8) is 0 Å². The molecule has 7 heteroatoms. The van der Waals surface area contributed by atoms with E-state index < -0.39 is 0 Å². The van der Waals surface area contributed by atoms with Gasteiger partial charge in [-0.1, -0.05) is 30.3 Å². The van der Waals surface area contributed by atoms with E-state index in [1.807, 2.05) is 13.0 Å². The summed E-state index contributed by atoms with van der Waals surface area (Å²) in [7, 11) is 0. The summed E-state index contributed by atoms with van der Waals surface area (Å²) in [6, 6.07) is 17.2. The molecule has 4 N–H and O–H groups in total. The zero-order valence-electron chi connectivity index (χ0n) is 17.5. The lowest BCUT2D eigenvalue weighted by molar-refractivity contribution is -0.114. The lowest BCUT2D eigenvalue weighted by Gasteiger charge is -2.29. The zero-order chi connectivity index (χ0) is 21.2. The van der Waals surface area contributed by atoms with Crippen LogP contribution in [0.4, 0.5) is 5.69 Å². The Bertz CT molecular complexity index is 817. The molecule has 1 unspecified atom stereocenters. The van der Waals surface area contributed by atoms with E-state index in [0.29, 0.717) is 18.2 Å². The molecule has 7 nitrogen and oxygen atoms in total. The number of likely N-dealkylation sites (tertiary alicyclic amines) is 1. The van der Waals surface area contributed by atoms with Crippen LogP contribution in [0, 0.1) is 0 Å². The first-order valence-electron chi connectivity index (χ1n) is 10.6. The highest BCUT2D eigenvalue weighted by atomic mass is 16.3. The van der Waals surface area contributed by atoms with Crippen LogP contribution in [0.1, 0.15) is 31.4 Å². The molecule has 0 aromatic heterocycles. The second-order valence-corrected chi connectivity index (χ2v) is 7.34. The van der Waals surface area contributed by atoms with E-state index >= 15 is 0 Å². The number of rotatable bonds is 8. The van der Waals surface area contributed by atoms with Crippen LogP contribution in [0.5, 0.6) is 5.75 Å². The molecule has 1 saturated heterocycles. The Morgan fingerprint density at radius 2 is 1.77 bits per heavy atom. The van der Waals surface area contributed by atoms with E-state index in [-0.39, 0.29) is 24.2 Å². The van der Waals surface area contributed by atoms with Crippen LogP contribution in [0.2, 0.25) is 0 Å². The van der Waals surface area contributed by atoms with Gasteiger partial charge in [0.2, 0.25) is 5.91 Å². The lowest BCUT2D eigenvalue weighted by atomic mass is 10.1. The van der Waals surface area contributed by atoms with Crippen molar-refractivity contribution in [3.05, 3.63) is 60.2 Å². The Balaban J connectivity index is 1.60. The molecule has 2 aromatic rings. The number of hydrogen-bond acceptors (Lipinski definition) is 4. The molecule has 2 aromatic carbocycles. The van der Waals surface area contributed by atoms with Crippen molar-refractivity contribution in [2.75, 3.05) is 38.0 Å². The van der Waals surface area contributed by atoms with Gasteiger partial charge in [-0.15, -0.1) is 0 Å². The minimum Gasteiger partial charge on any atom is -0.508 e. The number of carbonyl (C=O) groups is 1. The fraction of sp³-hybridized carbons (Fsp3) is 0.391. The number of phenolic OH excluding ortho intramolecular Hbond substituents is 1. The largest absolute Gasteiger partial charge is 0.508 e. The highest BCUT2D eigenvalue weighted by Gasteiger charge is 2.23. The summed E-state index contributed by atoms with van der Waals surface area (Å²) in [6.45, 7) is 5.65. The van der Waals surface area contributed by atoms with E-state index in [4.69, 9.17) is 0 Å². The Labute approximate surface area is 178 Å². The van der Waals surface area contributed by atoms with Gasteiger partial charge in [0.15, 0.2) is 5.96 Å². The lowest BCUT2D eigenvalue weighted by Crippen LogP contribution is -2.43. The summed E-state index contributed by atoms with van der Waals surface area (Å²) >= 11 is 0. The smallest absolute Gasteiger partial charge is 0.246 e. The van der Waals surface area contributed by atoms with E-state index in [0.717, 1.165) is 19.6 Å². The average molecular weight is 410 g/mol. The molecule has 1 amide bonds. The number of aromatic hydroxyl groups is 1. The van der Waals surface area contributed by atoms with Crippen LogP contribution in [-0.2, 0) is 4.79 Å². The van der Waals surface area contributed by atoms with Crippen molar-refractivity contribution in [1.82, 2.24) is 15.5 Å². The first kappa shape index (κ1) is 21.6. The van der Waals surface area contributed by atoms with Crippen molar-refractivity contribution in [2.45, 2.75) is 25.8 Å². The molecule has 0 bridgehead atoms. The van der Waals surface area contributed by atoms with Crippen LogP contribution < -0.4 is 16.0 Å². The Morgan fingerprint density at radius 1 is 1.07 bits per heavy atom. The van der Waals surface area contributed by atoms with E-state index in [2.05, 4.69) is 50.1 Å². The second-order valence-electron chi connectivity index (χ2n) is 7.34. The van der Waals surface area contributed by atoms with Gasteiger partial charge in [0.05, 0.1) is 6.04 Å². The third kappa shape index (κ3) is 6.49. The maximum atomic E-state index is 12.2. The summed E-state index contributed by atoms with van der Waals surface area (Å²) in [5.74, 6) is 0.575. The third-order valence-corrected chi connectivity index (χ3v) is 5.10. The summed E-state index contributed by atoms with van der Waals surface area (Å²) in [4.78, 5) is 19.2. The van der Waals surface area contributed by atoms with E-state index in [1.165, 1.54) is 30.5 Å². The van der Waals surface area contributed by atoms with Crippen LogP contribution in [0.15, 0.2) is 59.6 Å². The number of guanidine groups is 1. The number of nitrogens with zero attached hydrogens (tertiary/aromatic N) is 2. The normalized spacial score (nSPS) is 15.6. The summed E-state index contributed by atoms with van der Waals surface area (Å²) < 4.78 is 0. The van der Waals surface area contributed by atoms with Crippen molar-refractivity contribution in [1.29, 1.82) is 0 Å². The highest BCUT2D eigenvalue weighted by Crippen LogP contribution is 2.24. The average Bonchev–Trinajstić information content (AvgIpc) is 3.29. The number of phenols is 1. The molecule has 30 heavy (non-hydrogen) atoms. The van der Waals surface area contributed by atoms with Gasteiger partial charge in [0, 0.05) is 18.8 Å². The van der Waals surface area contributed by atoms with Crippen LogP contribution in [-0.4, -0.2) is 54.6 Å². The van der Waals surface area contributed by atoms with Gasteiger partial charge in [-0.05, 0) is 62.7 Å². The van der Waals surface area contributed by atoms with Crippen molar-refractivity contribution in [2.24, 2.45) is 4.99 Å². The van der Waals surface area contributed by atoms with Gasteiger partial charge in [-0.25, -0.2) is 4.99 Å². The summed E-state index contributed by atoms with van der Waals surface area (Å²) in [5, 5.41) is 18.7. The van der Waals surface area contributed by atoms with Gasteiger partial charge < -0.3 is 21.1 Å². The monoisotopic (exact) mass is 409 g/mol. The minimum absolute atomic E-state index is 0.00985.